The van der Waals surface area contributed by atoms with Crippen molar-refractivity contribution in [1.29, 1.82) is 0 Å². The smallest absolute Gasteiger partial charge is 0.330 e. The number of hydrogen-bond acceptors (Lipinski definition) is 6. The van der Waals surface area contributed by atoms with Crippen molar-refractivity contribution in [1.82, 2.24) is 9.88 Å². The van der Waals surface area contributed by atoms with Gasteiger partial charge in [0.05, 0.1) is 5.69 Å². The molecular weight excluding hydrogens is 487 g/mol. The fraction of sp³-hybridized carbons (Fsp3) is 0.310. The van der Waals surface area contributed by atoms with Crippen LogP contribution in [0.5, 0.6) is 0 Å². The van der Waals surface area contributed by atoms with Gasteiger partial charge >= 0.3 is 5.97 Å². The van der Waals surface area contributed by atoms with Crippen molar-refractivity contribution in [3.05, 3.63) is 101 Å². The number of fused-ring (bicyclic) bond motifs is 1. The molecule has 5 rings (SSSR count). The van der Waals surface area contributed by atoms with Crippen LogP contribution in [0.4, 0.5) is 4.39 Å². The molecule has 38 heavy (non-hydrogen) atoms. The summed E-state index contributed by atoms with van der Waals surface area (Å²) in [5.74, 6) is -2.57. The van der Waals surface area contributed by atoms with E-state index in [2.05, 4.69) is 4.98 Å². The lowest BCUT2D eigenvalue weighted by Gasteiger charge is -2.30. The number of primary amides is 1. The highest BCUT2D eigenvalue weighted by Crippen LogP contribution is 2.42. The number of halogens is 1. The van der Waals surface area contributed by atoms with Crippen LogP contribution in [0.15, 0.2) is 66.7 Å². The van der Waals surface area contributed by atoms with Gasteiger partial charge in [0.15, 0.2) is 0 Å². The molecule has 2 heterocycles. The monoisotopic (exact) mass is 516 g/mol. The first-order valence-corrected chi connectivity index (χ1v) is 12.6. The SMILES string of the molecule is CC(N)c1cccc(C(=O)N2CC(c3ccc(F)cc3)CC2C(=O)OC2(C(N)=O)CCc3ccccc32)n1. The zero-order chi connectivity index (χ0) is 27.0. The molecule has 0 radical (unpaired) electrons. The van der Waals surface area contributed by atoms with Gasteiger partial charge < -0.3 is 21.1 Å². The van der Waals surface area contributed by atoms with E-state index in [1.54, 1.807) is 49.4 Å². The van der Waals surface area contributed by atoms with E-state index in [0.29, 0.717) is 17.7 Å². The molecular formula is C29H29FN4O4. The number of ether oxygens (including phenoxy) is 1. The summed E-state index contributed by atoms with van der Waals surface area (Å²) in [6.07, 6.45) is 0.999. The van der Waals surface area contributed by atoms with Gasteiger partial charge in [-0.05, 0) is 55.2 Å². The van der Waals surface area contributed by atoms with Crippen LogP contribution in [0.1, 0.15) is 64.6 Å². The lowest BCUT2D eigenvalue weighted by atomic mass is 9.94. The summed E-state index contributed by atoms with van der Waals surface area (Å²) < 4.78 is 19.5. The number of benzene rings is 2. The number of aryl methyl sites for hydroxylation is 1. The summed E-state index contributed by atoms with van der Waals surface area (Å²) in [5.41, 5.74) is 13.1. The molecule has 196 valence electrons. The van der Waals surface area contributed by atoms with E-state index < -0.39 is 29.4 Å². The normalized spacial score (nSPS) is 23.1. The minimum absolute atomic E-state index is 0.146. The van der Waals surface area contributed by atoms with Gasteiger partial charge in [-0.15, -0.1) is 0 Å². The van der Waals surface area contributed by atoms with Gasteiger partial charge in [0.1, 0.15) is 17.6 Å². The number of pyridine rings is 1. The summed E-state index contributed by atoms with van der Waals surface area (Å²) in [7, 11) is 0. The Bertz CT molecular complexity index is 1390. The molecule has 1 fully saturated rings. The number of amides is 2. The number of hydrogen-bond donors (Lipinski definition) is 2. The second-order valence-electron chi connectivity index (χ2n) is 9.96. The van der Waals surface area contributed by atoms with E-state index in [0.717, 1.165) is 11.1 Å². The number of nitrogens with zero attached hydrogens (tertiary/aromatic N) is 2. The zero-order valence-corrected chi connectivity index (χ0v) is 21.0. The Morgan fingerprint density at radius 1 is 1.08 bits per heavy atom. The number of carbonyl (C=O) groups excluding carboxylic acids is 3. The van der Waals surface area contributed by atoms with Crippen LogP contribution in [0.3, 0.4) is 0 Å². The fourth-order valence-electron chi connectivity index (χ4n) is 5.46. The number of esters is 1. The summed E-state index contributed by atoms with van der Waals surface area (Å²) in [6, 6.07) is 16.8. The molecule has 0 saturated carbocycles. The van der Waals surface area contributed by atoms with E-state index in [1.807, 2.05) is 12.1 Å². The van der Waals surface area contributed by atoms with E-state index in [9.17, 15) is 18.8 Å². The Morgan fingerprint density at radius 3 is 2.53 bits per heavy atom. The van der Waals surface area contributed by atoms with Crippen molar-refractivity contribution in [3.8, 4) is 0 Å². The molecule has 0 bridgehead atoms. The average molecular weight is 517 g/mol. The van der Waals surface area contributed by atoms with Crippen molar-refractivity contribution < 1.29 is 23.5 Å². The van der Waals surface area contributed by atoms with Gasteiger partial charge in [0.25, 0.3) is 11.8 Å². The maximum Gasteiger partial charge on any atom is 0.330 e. The maximum atomic E-state index is 13.7. The number of rotatable bonds is 6. The lowest BCUT2D eigenvalue weighted by molar-refractivity contribution is -0.172. The molecule has 2 amide bonds. The third-order valence-electron chi connectivity index (χ3n) is 7.50. The maximum absolute atomic E-state index is 13.7. The minimum atomic E-state index is -1.61. The Hall–Kier alpha value is -4.11. The summed E-state index contributed by atoms with van der Waals surface area (Å²) in [6.45, 7) is 1.95. The highest BCUT2D eigenvalue weighted by molar-refractivity contribution is 5.97. The molecule has 8 nitrogen and oxygen atoms in total. The molecule has 1 aliphatic carbocycles. The largest absolute Gasteiger partial charge is 0.442 e. The minimum Gasteiger partial charge on any atom is -0.442 e. The molecule has 4 unspecified atom stereocenters. The fourth-order valence-corrected chi connectivity index (χ4v) is 5.46. The molecule has 2 aromatic carbocycles. The van der Waals surface area contributed by atoms with Gasteiger partial charge in [-0.25, -0.2) is 14.2 Å². The van der Waals surface area contributed by atoms with Gasteiger partial charge in [0.2, 0.25) is 5.60 Å². The van der Waals surface area contributed by atoms with Gasteiger partial charge in [-0.1, -0.05) is 42.5 Å². The Labute approximate surface area is 219 Å². The van der Waals surface area contributed by atoms with Crippen LogP contribution in [0.25, 0.3) is 0 Å². The predicted octanol–water partition coefficient (Wildman–Crippen LogP) is 3.11. The molecule has 1 aliphatic heterocycles. The van der Waals surface area contributed by atoms with Crippen molar-refractivity contribution >= 4 is 17.8 Å². The third kappa shape index (κ3) is 4.54. The van der Waals surface area contributed by atoms with Crippen molar-refractivity contribution in [2.24, 2.45) is 11.5 Å². The second-order valence-corrected chi connectivity index (χ2v) is 9.96. The lowest BCUT2D eigenvalue weighted by Crippen LogP contribution is -2.48. The zero-order valence-electron chi connectivity index (χ0n) is 21.0. The Morgan fingerprint density at radius 2 is 1.82 bits per heavy atom. The van der Waals surface area contributed by atoms with Crippen LogP contribution in [0.2, 0.25) is 0 Å². The molecule has 0 spiro atoms. The quantitative estimate of drug-likeness (QED) is 0.485. The molecule has 2 aliphatic rings. The first-order valence-electron chi connectivity index (χ1n) is 12.6. The number of nitrogens with two attached hydrogens (primary N) is 2. The highest BCUT2D eigenvalue weighted by Gasteiger charge is 2.51. The van der Waals surface area contributed by atoms with Crippen LogP contribution < -0.4 is 11.5 Å². The van der Waals surface area contributed by atoms with Crippen molar-refractivity contribution in [2.75, 3.05) is 6.54 Å². The Balaban J connectivity index is 1.48. The highest BCUT2D eigenvalue weighted by atomic mass is 19.1. The molecule has 9 heteroatoms. The van der Waals surface area contributed by atoms with Gasteiger partial charge in [-0.2, -0.15) is 0 Å². The van der Waals surface area contributed by atoms with E-state index in [-0.39, 0.29) is 42.9 Å². The van der Waals surface area contributed by atoms with Gasteiger partial charge in [-0.3, -0.25) is 9.59 Å². The Kier molecular flexibility index (Phi) is 6.71. The summed E-state index contributed by atoms with van der Waals surface area (Å²) >= 11 is 0. The summed E-state index contributed by atoms with van der Waals surface area (Å²) in [4.78, 5) is 45.9. The standard InChI is InChI=1S/C29H29FN4O4/c1-17(31)23-7-4-8-24(33-23)26(35)34-16-20(18-9-11-21(30)12-10-18)15-25(34)27(36)38-29(28(32)37)14-13-19-5-2-3-6-22(19)29/h2-12,17,20,25H,13-16,31H2,1H3,(H2,32,37). The molecule has 1 aromatic heterocycles. The number of carbonyl (C=O) groups is 3. The van der Waals surface area contributed by atoms with Gasteiger partial charge in [0, 0.05) is 30.5 Å². The molecule has 3 aromatic rings. The van der Waals surface area contributed by atoms with E-state index in [1.165, 1.54) is 17.0 Å². The first-order chi connectivity index (χ1) is 18.2. The average Bonchev–Trinajstić information content (AvgIpc) is 3.52. The van der Waals surface area contributed by atoms with Crippen molar-refractivity contribution in [2.45, 2.75) is 49.8 Å². The summed E-state index contributed by atoms with van der Waals surface area (Å²) in [5, 5.41) is 0. The van der Waals surface area contributed by atoms with E-state index in [4.69, 9.17) is 16.2 Å². The van der Waals surface area contributed by atoms with Crippen LogP contribution in [0, 0.1) is 5.82 Å². The number of likely N-dealkylation sites (tertiary alicyclic amines) is 1. The van der Waals surface area contributed by atoms with Crippen molar-refractivity contribution in [3.63, 3.8) is 0 Å². The number of aromatic nitrogens is 1. The van der Waals surface area contributed by atoms with Crippen LogP contribution in [-0.4, -0.2) is 40.3 Å². The third-order valence-corrected chi connectivity index (χ3v) is 7.50. The first kappa shape index (κ1) is 25.5. The second kappa shape index (κ2) is 9.98. The van der Waals surface area contributed by atoms with Crippen LogP contribution in [-0.2, 0) is 26.3 Å². The van der Waals surface area contributed by atoms with Crippen LogP contribution >= 0.6 is 0 Å². The predicted molar refractivity (Wildman–Crippen MR) is 137 cm³/mol. The molecule has 4 N–H and O–H groups in total. The molecule has 1 saturated heterocycles. The topological polar surface area (TPSA) is 129 Å². The van der Waals surface area contributed by atoms with E-state index >= 15 is 0 Å². The molecule has 4 atom stereocenters.